The Kier molecular flexibility index (Phi) is 6.38. The molecule has 0 atom stereocenters. The normalized spacial score (nSPS) is 9.63. The summed E-state index contributed by atoms with van der Waals surface area (Å²) in [4.78, 5) is 11.5. The fourth-order valence-corrected chi connectivity index (χ4v) is 1.60. The molecule has 5 nitrogen and oxygen atoms in total. The molecule has 0 aromatic heterocycles. The molecule has 0 bridgehead atoms. The standard InChI is InChI=1S/C12H16ClN3O2S/c1-3-14-12(19)16-15-11(17)7-18-10-6-8(2)4-5-9(10)13/h4-6H,3,7H2,1-2H3,(H,15,17)(H2,14,16,19). The third-order valence-corrected chi connectivity index (χ3v) is 2.66. The molecular formula is C12H16ClN3O2S. The average Bonchev–Trinajstić information content (AvgIpc) is 2.38. The van der Waals surface area contributed by atoms with E-state index in [4.69, 9.17) is 28.6 Å². The Morgan fingerprint density at radius 1 is 1.42 bits per heavy atom. The third-order valence-electron chi connectivity index (χ3n) is 2.10. The molecule has 1 rings (SSSR count). The van der Waals surface area contributed by atoms with Gasteiger partial charge in [-0.15, -0.1) is 0 Å². The number of ether oxygens (including phenoxy) is 1. The molecule has 0 saturated carbocycles. The lowest BCUT2D eigenvalue weighted by molar-refractivity contribution is -0.123. The summed E-state index contributed by atoms with van der Waals surface area (Å²) in [5.74, 6) is 0.129. The minimum atomic E-state index is -0.349. The van der Waals surface area contributed by atoms with Crippen molar-refractivity contribution in [2.75, 3.05) is 13.2 Å². The van der Waals surface area contributed by atoms with Crippen molar-refractivity contribution >= 4 is 34.8 Å². The molecule has 0 radical (unpaired) electrons. The van der Waals surface area contributed by atoms with Gasteiger partial charge in [0.05, 0.1) is 5.02 Å². The highest BCUT2D eigenvalue weighted by Crippen LogP contribution is 2.24. The van der Waals surface area contributed by atoms with Crippen LogP contribution in [0, 0.1) is 6.92 Å². The SMILES string of the molecule is CCNC(=S)NNC(=O)COc1cc(C)ccc1Cl. The number of hydrazine groups is 1. The number of hydrogen-bond donors (Lipinski definition) is 3. The molecule has 0 saturated heterocycles. The van der Waals surface area contributed by atoms with Crippen molar-refractivity contribution in [3.8, 4) is 5.75 Å². The number of rotatable bonds is 4. The van der Waals surface area contributed by atoms with E-state index >= 15 is 0 Å². The van der Waals surface area contributed by atoms with Gasteiger partial charge in [-0.2, -0.15) is 0 Å². The monoisotopic (exact) mass is 301 g/mol. The molecule has 0 unspecified atom stereocenters. The lowest BCUT2D eigenvalue weighted by Gasteiger charge is -2.11. The molecule has 0 fully saturated rings. The minimum absolute atomic E-state index is 0.148. The molecule has 104 valence electrons. The number of benzene rings is 1. The van der Waals surface area contributed by atoms with Gasteiger partial charge in [-0.25, -0.2) is 0 Å². The summed E-state index contributed by atoms with van der Waals surface area (Å²) in [5.41, 5.74) is 5.97. The summed E-state index contributed by atoms with van der Waals surface area (Å²) in [5, 5.41) is 3.65. The Balaban J connectivity index is 2.38. The summed E-state index contributed by atoms with van der Waals surface area (Å²) in [6, 6.07) is 5.36. The van der Waals surface area contributed by atoms with Gasteiger partial charge >= 0.3 is 0 Å². The van der Waals surface area contributed by atoms with Gasteiger partial charge in [-0.3, -0.25) is 15.6 Å². The second kappa shape index (κ2) is 7.81. The molecule has 1 aromatic carbocycles. The van der Waals surface area contributed by atoms with Crippen molar-refractivity contribution in [2.45, 2.75) is 13.8 Å². The average molecular weight is 302 g/mol. The first kappa shape index (κ1) is 15.5. The van der Waals surface area contributed by atoms with Crippen LogP contribution in [0.15, 0.2) is 18.2 Å². The molecular weight excluding hydrogens is 286 g/mol. The van der Waals surface area contributed by atoms with Crippen LogP contribution in [-0.2, 0) is 4.79 Å². The predicted octanol–water partition coefficient (Wildman–Crippen LogP) is 1.54. The van der Waals surface area contributed by atoms with Crippen LogP contribution >= 0.6 is 23.8 Å². The first-order valence-corrected chi connectivity index (χ1v) is 6.53. The molecule has 19 heavy (non-hydrogen) atoms. The molecule has 0 aliphatic rings. The van der Waals surface area contributed by atoms with Crippen molar-refractivity contribution in [3.63, 3.8) is 0 Å². The number of hydrogen-bond acceptors (Lipinski definition) is 3. The molecule has 0 aliphatic heterocycles. The van der Waals surface area contributed by atoms with Gasteiger partial charge in [0.25, 0.3) is 5.91 Å². The predicted molar refractivity (Wildman–Crippen MR) is 79.2 cm³/mol. The molecule has 0 heterocycles. The van der Waals surface area contributed by atoms with E-state index in [-0.39, 0.29) is 12.5 Å². The molecule has 0 aliphatic carbocycles. The second-order valence-corrected chi connectivity index (χ2v) is 4.57. The minimum Gasteiger partial charge on any atom is -0.482 e. The number of carbonyl (C=O) groups excluding carboxylic acids is 1. The van der Waals surface area contributed by atoms with Gasteiger partial charge in [-0.1, -0.05) is 17.7 Å². The van der Waals surface area contributed by atoms with E-state index in [1.165, 1.54) is 0 Å². The molecule has 1 amide bonds. The number of nitrogens with one attached hydrogen (secondary N) is 3. The van der Waals surface area contributed by atoms with Gasteiger partial charge in [0.15, 0.2) is 11.7 Å². The fourth-order valence-electron chi connectivity index (χ4n) is 1.23. The number of amides is 1. The Hall–Kier alpha value is -1.53. The van der Waals surface area contributed by atoms with Gasteiger partial charge in [-0.05, 0) is 43.8 Å². The van der Waals surface area contributed by atoms with Gasteiger partial charge in [0.2, 0.25) is 0 Å². The number of thiocarbonyl (C=S) groups is 1. The maximum absolute atomic E-state index is 11.5. The lowest BCUT2D eigenvalue weighted by atomic mass is 10.2. The maximum Gasteiger partial charge on any atom is 0.276 e. The first-order valence-electron chi connectivity index (χ1n) is 5.74. The van der Waals surface area contributed by atoms with Crippen LogP contribution in [0.1, 0.15) is 12.5 Å². The second-order valence-electron chi connectivity index (χ2n) is 3.76. The van der Waals surface area contributed by atoms with Gasteiger partial charge in [0, 0.05) is 6.54 Å². The fraction of sp³-hybridized carbons (Fsp3) is 0.333. The lowest BCUT2D eigenvalue weighted by Crippen LogP contribution is -2.48. The number of carbonyl (C=O) groups is 1. The van der Waals surface area contributed by atoms with E-state index in [0.717, 1.165) is 5.56 Å². The quantitative estimate of drug-likeness (QED) is 0.582. The van der Waals surface area contributed by atoms with Crippen LogP contribution in [0.4, 0.5) is 0 Å². The largest absolute Gasteiger partial charge is 0.482 e. The maximum atomic E-state index is 11.5. The van der Waals surface area contributed by atoms with Crippen LogP contribution in [-0.4, -0.2) is 24.2 Å². The van der Waals surface area contributed by atoms with E-state index in [2.05, 4.69) is 16.2 Å². The number of aryl methyl sites for hydroxylation is 1. The van der Waals surface area contributed by atoms with Crippen LogP contribution < -0.4 is 20.9 Å². The van der Waals surface area contributed by atoms with E-state index in [1.807, 2.05) is 19.9 Å². The molecule has 1 aromatic rings. The van der Waals surface area contributed by atoms with Crippen molar-refractivity contribution < 1.29 is 9.53 Å². The third kappa shape index (κ3) is 5.76. The zero-order valence-electron chi connectivity index (χ0n) is 10.7. The molecule has 7 heteroatoms. The Labute approximate surface area is 122 Å². The number of halogens is 1. The van der Waals surface area contributed by atoms with Gasteiger partial charge in [0.1, 0.15) is 5.75 Å². The summed E-state index contributed by atoms with van der Waals surface area (Å²) in [6.07, 6.45) is 0. The van der Waals surface area contributed by atoms with Crippen molar-refractivity contribution in [3.05, 3.63) is 28.8 Å². The van der Waals surface area contributed by atoms with Crippen LogP contribution in [0.25, 0.3) is 0 Å². The summed E-state index contributed by atoms with van der Waals surface area (Å²) >= 11 is 10.8. The molecule has 0 spiro atoms. The summed E-state index contributed by atoms with van der Waals surface area (Å²) < 4.78 is 5.32. The van der Waals surface area contributed by atoms with E-state index in [0.29, 0.717) is 22.4 Å². The smallest absolute Gasteiger partial charge is 0.276 e. The summed E-state index contributed by atoms with van der Waals surface area (Å²) in [6.45, 7) is 4.35. The summed E-state index contributed by atoms with van der Waals surface area (Å²) in [7, 11) is 0. The van der Waals surface area contributed by atoms with Crippen molar-refractivity contribution in [1.29, 1.82) is 0 Å². The molecule has 3 N–H and O–H groups in total. The highest BCUT2D eigenvalue weighted by molar-refractivity contribution is 7.80. The Bertz CT molecular complexity index is 468. The highest BCUT2D eigenvalue weighted by Gasteiger charge is 2.06. The van der Waals surface area contributed by atoms with E-state index in [9.17, 15) is 4.79 Å². The highest BCUT2D eigenvalue weighted by atomic mass is 35.5. The van der Waals surface area contributed by atoms with Crippen LogP contribution in [0.3, 0.4) is 0 Å². The van der Waals surface area contributed by atoms with Crippen LogP contribution in [0.2, 0.25) is 5.02 Å². The zero-order valence-corrected chi connectivity index (χ0v) is 12.3. The van der Waals surface area contributed by atoms with E-state index < -0.39 is 0 Å². The topological polar surface area (TPSA) is 62.4 Å². The van der Waals surface area contributed by atoms with Crippen molar-refractivity contribution in [2.24, 2.45) is 0 Å². The first-order chi connectivity index (χ1) is 9.02. The van der Waals surface area contributed by atoms with Crippen molar-refractivity contribution in [1.82, 2.24) is 16.2 Å². The Morgan fingerprint density at radius 3 is 2.84 bits per heavy atom. The Morgan fingerprint density at radius 2 is 2.16 bits per heavy atom. The van der Waals surface area contributed by atoms with Gasteiger partial charge < -0.3 is 10.1 Å². The van der Waals surface area contributed by atoms with E-state index in [1.54, 1.807) is 12.1 Å². The van der Waals surface area contributed by atoms with Crippen LogP contribution in [0.5, 0.6) is 5.75 Å². The zero-order chi connectivity index (χ0) is 14.3.